The predicted molar refractivity (Wildman–Crippen MR) is 126 cm³/mol. The maximum Gasteiger partial charge on any atom is 0.416 e. The number of alkyl halides is 3. The lowest BCUT2D eigenvalue weighted by atomic mass is 10.2. The molecular weight excluding hydrogens is 479 g/mol. The number of carbonyl (C=O) groups excluding carboxylic acids is 1. The molecule has 0 saturated carbocycles. The molecule has 186 valence electrons. The van der Waals surface area contributed by atoms with Crippen LogP contribution < -0.4 is 20.8 Å². The largest absolute Gasteiger partial charge is 0.494 e. The molecule has 2 heterocycles. The zero-order valence-corrected chi connectivity index (χ0v) is 18.9. The van der Waals surface area contributed by atoms with Crippen LogP contribution in [-0.4, -0.2) is 41.8 Å². The molecule has 1 saturated heterocycles. The van der Waals surface area contributed by atoms with Crippen molar-refractivity contribution in [2.24, 2.45) is 10.7 Å². The van der Waals surface area contributed by atoms with Crippen LogP contribution in [0.25, 0.3) is 5.69 Å². The number of carbonyl (C=O) groups is 1. The lowest BCUT2D eigenvalue weighted by molar-refractivity contribution is -0.137. The van der Waals surface area contributed by atoms with E-state index in [2.05, 4.69) is 10.1 Å². The molecular formula is C24H20F3N5O4. The van der Waals surface area contributed by atoms with Gasteiger partial charge in [0.1, 0.15) is 18.0 Å². The first-order valence-corrected chi connectivity index (χ1v) is 10.6. The molecule has 1 amide bonds. The van der Waals surface area contributed by atoms with Gasteiger partial charge in [-0.25, -0.2) is 14.5 Å². The molecule has 0 aliphatic carbocycles. The number of ether oxygens (including phenoxy) is 2. The Morgan fingerprint density at radius 1 is 1.19 bits per heavy atom. The van der Waals surface area contributed by atoms with Gasteiger partial charge in [0.05, 0.1) is 36.3 Å². The minimum Gasteiger partial charge on any atom is -0.494 e. The van der Waals surface area contributed by atoms with Crippen LogP contribution in [0.2, 0.25) is 0 Å². The summed E-state index contributed by atoms with van der Waals surface area (Å²) in [4.78, 5) is 30.2. The van der Waals surface area contributed by atoms with Gasteiger partial charge in [0, 0.05) is 18.3 Å². The fourth-order valence-electron chi connectivity index (χ4n) is 3.52. The van der Waals surface area contributed by atoms with Crippen molar-refractivity contribution in [2.75, 3.05) is 25.2 Å². The van der Waals surface area contributed by atoms with Crippen molar-refractivity contribution >= 4 is 23.2 Å². The van der Waals surface area contributed by atoms with E-state index in [-0.39, 0.29) is 23.7 Å². The number of aromatic nitrogens is 2. The molecule has 0 atom stereocenters. The van der Waals surface area contributed by atoms with E-state index >= 15 is 0 Å². The number of halogens is 3. The highest BCUT2D eigenvalue weighted by Crippen LogP contribution is 2.32. The number of nitrogens with zero attached hydrogens (tertiary/aromatic N) is 4. The lowest BCUT2D eigenvalue weighted by Gasteiger charge is -2.17. The predicted octanol–water partition coefficient (Wildman–Crippen LogP) is 3.81. The molecule has 1 aromatic heterocycles. The van der Waals surface area contributed by atoms with Gasteiger partial charge < -0.3 is 15.2 Å². The number of nitrogens with two attached hydrogens (primary N) is 1. The van der Waals surface area contributed by atoms with Gasteiger partial charge in [-0.2, -0.15) is 18.3 Å². The minimum absolute atomic E-state index is 0.0334. The van der Waals surface area contributed by atoms with Crippen molar-refractivity contribution < 1.29 is 27.4 Å². The molecule has 3 aromatic rings. The zero-order chi connectivity index (χ0) is 25.9. The molecule has 2 N–H and O–H groups in total. The van der Waals surface area contributed by atoms with E-state index in [1.165, 1.54) is 47.2 Å². The maximum absolute atomic E-state index is 13.1. The Morgan fingerprint density at radius 3 is 2.67 bits per heavy atom. The molecule has 36 heavy (non-hydrogen) atoms. The molecule has 2 aromatic carbocycles. The Kier molecular flexibility index (Phi) is 6.77. The molecule has 0 radical (unpaired) electrons. The number of aliphatic imine (C=N–C) groups is 1. The number of hydrogen-bond acceptors (Lipinski definition) is 7. The lowest BCUT2D eigenvalue weighted by Crippen LogP contribution is -2.23. The standard InChI is InChI=1S/C24H20F3N5O4/c1-35-21-14-17(31-11-12-36-23(31)34)5-6-19(21)32-10-8-20(33)22(30-32)18(7-9-28)29-16-4-2-3-15(13-16)24(25,26)27/h2-10,13-14H,11-12,28H2,1H3. The summed E-state index contributed by atoms with van der Waals surface area (Å²) in [5, 5.41) is 4.34. The molecule has 0 unspecified atom stereocenters. The number of allylic oxidation sites excluding steroid dienone is 1. The monoisotopic (exact) mass is 499 g/mol. The normalized spacial score (nSPS) is 14.4. The summed E-state index contributed by atoms with van der Waals surface area (Å²) >= 11 is 0. The second-order valence-electron chi connectivity index (χ2n) is 7.50. The Hall–Kier alpha value is -4.61. The fraction of sp³-hybridized carbons (Fsp3) is 0.167. The number of hydrogen-bond donors (Lipinski definition) is 1. The van der Waals surface area contributed by atoms with Crippen LogP contribution in [0.5, 0.6) is 5.75 Å². The van der Waals surface area contributed by atoms with Gasteiger partial charge in [-0.3, -0.25) is 9.69 Å². The molecule has 9 nitrogen and oxygen atoms in total. The van der Waals surface area contributed by atoms with E-state index in [0.717, 1.165) is 18.3 Å². The van der Waals surface area contributed by atoms with E-state index in [1.54, 1.807) is 18.2 Å². The zero-order valence-electron chi connectivity index (χ0n) is 18.9. The van der Waals surface area contributed by atoms with Gasteiger partial charge in [0.2, 0.25) is 5.43 Å². The summed E-state index contributed by atoms with van der Waals surface area (Å²) in [6.07, 6.45) is -1.25. The average molecular weight is 499 g/mol. The summed E-state index contributed by atoms with van der Waals surface area (Å²) in [5.41, 5.74) is 4.88. The first kappa shape index (κ1) is 24.5. The van der Waals surface area contributed by atoms with Crippen LogP contribution in [0.3, 0.4) is 0 Å². The second-order valence-corrected chi connectivity index (χ2v) is 7.50. The van der Waals surface area contributed by atoms with Gasteiger partial charge in [-0.15, -0.1) is 0 Å². The van der Waals surface area contributed by atoms with E-state index in [4.69, 9.17) is 15.2 Å². The summed E-state index contributed by atoms with van der Waals surface area (Å²) < 4.78 is 51.1. The smallest absolute Gasteiger partial charge is 0.416 e. The van der Waals surface area contributed by atoms with Crippen LogP contribution in [0.4, 0.5) is 29.3 Å². The van der Waals surface area contributed by atoms with Crippen LogP contribution in [0.15, 0.2) is 76.8 Å². The minimum atomic E-state index is -4.55. The molecule has 4 rings (SSSR count). The van der Waals surface area contributed by atoms with Crippen LogP contribution in [-0.2, 0) is 10.9 Å². The Morgan fingerprint density at radius 2 is 2.00 bits per heavy atom. The van der Waals surface area contributed by atoms with E-state index in [0.29, 0.717) is 23.7 Å². The van der Waals surface area contributed by atoms with Crippen molar-refractivity contribution in [1.82, 2.24) is 9.78 Å². The van der Waals surface area contributed by atoms with E-state index in [9.17, 15) is 22.8 Å². The Labute approximate surface area is 202 Å². The highest BCUT2D eigenvalue weighted by Gasteiger charge is 2.30. The quantitative estimate of drug-likeness (QED) is 0.517. The number of benzene rings is 2. The Bertz CT molecular complexity index is 1420. The summed E-state index contributed by atoms with van der Waals surface area (Å²) in [7, 11) is 1.44. The first-order chi connectivity index (χ1) is 17.2. The van der Waals surface area contributed by atoms with Gasteiger partial charge >= 0.3 is 12.3 Å². The van der Waals surface area contributed by atoms with Crippen molar-refractivity contribution in [2.45, 2.75) is 6.18 Å². The number of rotatable bonds is 6. The molecule has 1 aliphatic rings. The third kappa shape index (κ3) is 5.06. The topological polar surface area (TPSA) is 112 Å². The summed E-state index contributed by atoms with van der Waals surface area (Å²) in [6, 6.07) is 10.5. The first-order valence-electron chi connectivity index (χ1n) is 10.6. The van der Waals surface area contributed by atoms with Gasteiger partial charge in [-0.1, -0.05) is 6.07 Å². The third-order valence-electron chi connectivity index (χ3n) is 5.21. The summed E-state index contributed by atoms with van der Waals surface area (Å²) in [5.74, 6) is 0.347. The molecule has 12 heteroatoms. The number of anilines is 1. The van der Waals surface area contributed by atoms with Crippen molar-refractivity contribution in [1.29, 1.82) is 0 Å². The third-order valence-corrected chi connectivity index (χ3v) is 5.21. The van der Waals surface area contributed by atoms with Crippen molar-refractivity contribution in [3.05, 3.63) is 88.5 Å². The van der Waals surface area contributed by atoms with E-state index in [1.807, 2.05) is 0 Å². The highest BCUT2D eigenvalue weighted by atomic mass is 19.4. The SMILES string of the molecule is COc1cc(N2CCOC2=O)ccc1-n1ccc(=O)c(C(C=CN)=Nc2cccc(C(F)(F)F)c2)n1. The van der Waals surface area contributed by atoms with Crippen LogP contribution in [0.1, 0.15) is 11.3 Å². The van der Waals surface area contributed by atoms with Gasteiger partial charge in [0.25, 0.3) is 0 Å². The van der Waals surface area contributed by atoms with Crippen LogP contribution in [0, 0.1) is 0 Å². The second kappa shape index (κ2) is 9.94. The molecule has 0 bridgehead atoms. The maximum atomic E-state index is 13.1. The number of methoxy groups -OCH3 is 1. The Balaban J connectivity index is 1.77. The summed E-state index contributed by atoms with van der Waals surface area (Å²) in [6.45, 7) is 0.665. The van der Waals surface area contributed by atoms with Crippen LogP contribution >= 0.6 is 0 Å². The molecule has 1 fully saturated rings. The van der Waals surface area contributed by atoms with Gasteiger partial charge in [0.15, 0.2) is 5.69 Å². The average Bonchev–Trinajstić information content (AvgIpc) is 3.29. The molecule has 0 spiro atoms. The fourth-order valence-corrected chi connectivity index (χ4v) is 3.52. The number of amides is 1. The van der Waals surface area contributed by atoms with Gasteiger partial charge in [-0.05, 0) is 42.6 Å². The van der Waals surface area contributed by atoms with Crippen molar-refractivity contribution in [3.63, 3.8) is 0 Å². The van der Waals surface area contributed by atoms with E-state index < -0.39 is 23.3 Å². The highest BCUT2D eigenvalue weighted by molar-refractivity contribution is 6.08. The number of cyclic esters (lactones) is 1. The van der Waals surface area contributed by atoms with Crippen molar-refractivity contribution in [3.8, 4) is 11.4 Å². The molecule has 1 aliphatic heterocycles.